The molecule has 0 aromatic carbocycles. The summed E-state index contributed by atoms with van der Waals surface area (Å²) >= 11 is 0. The second-order valence-electron chi connectivity index (χ2n) is 4.43. The van der Waals surface area contributed by atoms with E-state index in [1.165, 1.54) is 0 Å². The summed E-state index contributed by atoms with van der Waals surface area (Å²) in [6.45, 7) is 6.32. The molecule has 0 aromatic rings. The lowest BCUT2D eigenvalue weighted by molar-refractivity contribution is -0.137. The second kappa shape index (κ2) is 7.09. The Morgan fingerprint density at radius 1 is 1.31 bits per heavy atom. The molecule has 0 radical (unpaired) electrons. The second-order valence-corrected chi connectivity index (χ2v) is 4.43. The van der Waals surface area contributed by atoms with Crippen molar-refractivity contribution in [1.82, 2.24) is 10.2 Å². The van der Waals surface area contributed by atoms with Crippen LogP contribution < -0.4 is 5.32 Å². The summed E-state index contributed by atoms with van der Waals surface area (Å²) in [6.07, 6.45) is 0.734. The van der Waals surface area contributed by atoms with Crippen LogP contribution in [-0.2, 0) is 4.79 Å². The summed E-state index contributed by atoms with van der Waals surface area (Å²) in [5.41, 5.74) is 0. The summed E-state index contributed by atoms with van der Waals surface area (Å²) in [4.78, 5) is 23.5. The van der Waals surface area contributed by atoms with Crippen LogP contribution in [-0.4, -0.2) is 41.6 Å². The maximum absolute atomic E-state index is 11.5. The van der Waals surface area contributed by atoms with Crippen molar-refractivity contribution < 1.29 is 14.7 Å². The molecule has 2 N–H and O–H groups in total. The maximum atomic E-state index is 11.5. The van der Waals surface area contributed by atoms with E-state index < -0.39 is 5.97 Å². The van der Waals surface area contributed by atoms with E-state index in [4.69, 9.17) is 5.11 Å². The van der Waals surface area contributed by atoms with Crippen molar-refractivity contribution in [3.05, 3.63) is 0 Å². The normalized spacial score (nSPS) is 12.3. The molecule has 0 saturated heterocycles. The van der Waals surface area contributed by atoms with Crippen molar-refractivity contribution in [3.8, 4) is 0 Å². The Morgan fingerprint density at radius 3 is 2.31 bits per heavy atom. The highest BCUT2D eigenvalue weighted by molar-refractivity contribution is 5.74. The fraction of sp³-hybridized carbons (Fsp3) is 0.818. The predicted octanol–water partition coefficient (Wildman–Crippen LogP) is 1.54. The molecule has 0 aliphatic heterocycles. The Hall–Kier alpha value is -1.26. The van der Waals surface area contributed by atoms with Crippen LogP contribution in [0.4, 0.5) is 4.79 Å². The monoisotopic (exact) mass is 230 g/mol. The number of hydrogen-bond donors (Lipinski definition) is 2. The first-order chi connectivity index (χ1) is 7.34. The van der Waals surface area contributed by atoms with Gasteiger partial charge in [-0.1, -0.05) is 6.92 Å². The molecular formula is C11H22N2O3. The molecule has 0 rings (SSSR count). The minimum absolute atomic E-state index is 0.114. The average molecular weight is 230 g/mol. The van der Waals surface area contributed by atoms with E-state index in [2.05, 4.69) is 5.32 Å². The number of carbonyl (C=O) groups is 2. The molecule has 16 heavy (non-hydrogen) atoms. The summed E-state index contributed by atoms with van der Waals surface area (Å²) in [7, 11) is 1.74. The number of amides is 2. The van der Waals surface area contributed by atoms with Gasteiger partial charge in [0.05, 0.1) is 0 Å². The van der Waals surface area contributed by atoms with Crippen LogP contribution in [0.1, 0.15) is 33.6 Å². The highest BCUT2D eigenvalue weighted by atomic mass is 16.4. The van der Waals surface area contributed by atoms with Crippen molar-refractivity contribution >= 4 is 12.0 Å². The van der Waals surface area contributed by atoms with Gasteiger partial charge in [0.25, 0.3) is 0 Å². The molecule has 94 valence electrons. The Bertz CT molecular complexity index is 241. The lowest BCUT2D eigenvalue weighted by Gasteiger charge is -2.22. The summed E-state index contributed by atoms with van der Waals surface area (Å²) in [5, 5.41) is 11.3. The van der Waals surface area contributed by atoms with Crippen LogP contribution in [0.25, 0.3) is 0 Å². The fourth-order valence-electron chi connectivity index (χ4n) is 1.09. The van der Waals surface area contributed by atoms with E-state index in [1.54, 1.807) is 11.9 Å². The zero-order chi connectivity index (χ0) is 12.7. The number of aliphatic carboxylic acids is 1. The molecule has 0 bridgehead atoms. The van der Waals surface area contributed by atoms with Crippen molar-refractivity contribution in [3.63, 3.8) is 0 Å². The third kappa shape index (κ3) is 6.27. The average Bonchev–Trinajstić information content (AvgIpc) is 2.21. The zero-order valence-electron chi connectivity index (χ0n) is 10.5. The van der Waals surface area contributed by atoms with Crippen LogP contribution in [0.15, 0.2) is 0 Å². The molecule has 0 aliphatic carbocycles. The highest BCUT2D eigenvalue weighted by Crippen LogP contribution is 2.04. The first-order valence-corrected chi connectivity index (χ1v) is 5.57. The molecule has 2 amide bonds. The lowest BCUT2D eigenvalue weighted by atomic mass is 10.1. The first-order valence-electron chi connectivity index (χ1n) is 5.57. The molecule has 5 nitrogen and oxygen atoms in total. The molecule has 0 fully saturated rings. The highest BCUT2D eigenvalue weighted by Gasteiger charge is 2.12. The van der Waals surface area contributed by atoms with Gasteiger partial charge in [-0.2, -0.15) is 0 Å². The summed E-state index contributed by atoms with van der Waals surface area (Å²) < 4.78 is 0. The predicted molar refractivity (Wildman–Crippen MR) is 62.3 cm³/mol. The molecule has 0 heterocycles. The third-order valence-electron chi connectivity index (χ3n) is 2.55. The standard InChI is InChI=1S/C11H22N2O3/c1-8(2)13(4)11(16)12-7-9(3)5-6-10(14)15/h8-9H,5-7H2,1-4H3,(H,12,16)(H,14,15). The van der Waals surface area contributed by atoms with Crippen molar-refractivity contribution in [1.29, 1.82) is 0 Å². The van der Waals surface area contributed by atoms with Gasteiger partial charge in [-0.15, -0.1) is 0 Å². The van der Waals surface area contributed by atoms with E-state index in [9.17, 15) is 9.59 Å². The Morgan fingerprint density at radius 2 is 1.88 bits per heavy atom. The van der Waals surface area contributed by atoms with Gasteiger partial charge >= 0.3 is 12.0 Å². The molecule has 0 spiro atoms. The summed E-state index contributed by atoms with van der Waals surface area (Å²) in [5.74, 6) is -0.613. The van der Waals surface area contributed by atoms with Crippen LogP contribution >= 0.6 is 0 Å². The van der Waals surface area contributed by atoms with Crippen molar-refractivity contribution in [2.75, 3.05) is 13.6 Å². The van der Waals surface area contributed by atoms with E-state index in [-0.39, 0.29) is 24.4 Å². The number of nitrogens with zero attached hydrogens (tertiary/aromatic N) is 1. The van der Waals surface area contributed by atoms with Gasteiger partial charge < -0.3 is 15.3 Å². The van der Waals surface area contributed by atoms with E-state index in [0.717, 1.165) is 0 Å². The van der Waals surface area contributed by atoms with Gasteiger partial charge in [0.2, 0.25) is 0 Å². The number of urea groups is 1. The zero-order valence-corrected chi connectivity index (χ0v) is 10.5. The van der Waals surface area contributed by atoms with Gasteiger partial charge in [-0.3, -0.25) is 4.79 Å². The van der Waals surface area contributed by atoms with Gasteiger partial charge in [-0.05, 0) is 26.2 Å². The van der Waals surface area contributed by atoms with Crippen molar-refractivity contribution in [2.24, 2.45) is 5.92 Å². The minimum Gasteiger partial charge on any atom is -0.481 e. The third-order valence-corrected chi connectivity index (χ3v) is 2.55. The lowest BCUT2D eigenvalue weighted by Crippen LogP contribution is -2.42. The van der Waals surface area contributed by atoms with Crippen LogP contribution in [0.3, 0.4) is 0 Å². The van der Waals surface area contributed by atoms with Gasteiger partial charge in [-0.25, -0.2) is 4.79 Å². The van der Waals surface area contributed by atoms with Crippen molar-refractivity contribution in [2.45, 2.75) is 39.7 Å². The molecule has 0 aliphatic rings. The fourth-order valence-corrected chi connectivity index (χ4v) is 1.09. The molecule has 0 saturated carbocycles. The first kappa shape index (κ1) is 14.7. The minimum atomic E-state index is -0.794. The van der Waals surface area contributed by atoms with Crippen LogP contribution in [0.5, 0.6) is 0 Å². The Balaban J connectivity index is 3.79. The SMILES string of the molecule is CC(CCC(=O)O)CNC(=O)N(C)C(C)C. The quantitative estimate of drug-likeness (QED) is 0.727. The van der Waals surface area contributed by atoms with Gasteiger partial charge in [0, 0.05) is 26.1 Å². The largest absolute Gasteiger partial charge is 0.481 e. The summed E-state index contributed by atoms with van der Waals surface area (Å²) in [6, 6.07) is 0.0477. The Kier molecular flexibility index (Phi) is 6.53. The van der Waals surface area contributed by atoms with E-state index in [1.807, 2.05) is 20.8 Å². The molecule has 1 unspecified atom stereocenters. The van der Waals surface area contributed by atoms with E-state index >= 15 is 0 Å². The number of carboxylic acids is 1. The molecule has 5 heteroatoms. The number of hydrogen-bond acceptors (Lipinski definition) is 2. The molecule has 0 aromatic heterocycles. The Labute approximate surface area is 96.8 Å². The van der Waals surface area contributed by atoms with Crippen LogP contribution in [0, 0.1) is 5.92 Å². The van der Waals surface area contributed by atoms with Gasteiger partial charge in [0.1, 0.15) is 0 Å². The molecular weight excluding hydrogens is 208 g/mol. The maximum Gasteiger partial charge on any atom is 0.317 e. The number of carbonyl (C=O) groups excluding carboxylic acids is 1. The topological polar surface area (TPSA) is 69.6 Å². The number of carboxylic acid groups (broad SMARTS) is 1. The smallest absolute Gasteiger partial charge is 0.317 e. The number of rotatable bonds is 6. The van der Waals surface area contributed by atoms with E-state index in [0.29, 0.717) is 13.0 Å². The van der Waals surface area contributed by atoms with Gasteiger partial charge in [0.15, 0.2) is 0 Å². The number of nitrogens with one attached hydrogen (secondary N) is 1. The van der Waals surface area contributed by atoms with Crippen LogP contribution in [0.2, 0.25) is 0 Å². The molecule has 1 atom stereocenters.